The first-order valence-electron chi connectivity index (χ1n) is 9.46. The van der Waals surface area contributed by atoms with Crippen LogP contribution in [0.4, 0.5) is 19.0 Å². The molecule has 3 rings (SSSR count). The van der Waals surface area contributed by atoms with Crippen LogP contribution in [-0.4, -0.2) is 44.9 Å². The minimum Gasteiger partial charge on any atom is -0.372 e. The zero-order valence-corrected chi connectivity index (χ0v) is 17.3. The van der Waals surface area contributed by atoms with Crippen LogP contribution in [0.3, 0.4) is 0 Å². The molecular weight excluding hydrogens is 403 g/mol. The van der Waals surface area contributed by atoms with Crippen molar-refractivity contribution >= 4 is 11.7 Å². The molecule has 2 aromatic heterocycles. The zero-order chi connectivity index (χ0) is 22.1. The Kier molecular flexibility index (Phi) is 6.23. The summed E-state index contributed by atoms with van der Waals surface area (Å²) in [4.78, 5) is 12.8. The van der Waals surface area contributed by atoms with Gasteiger partial charge in [-0.2, -0.15) is 23.4 Å². The lowest BCUT2D eigenvalue weighted by Gasteiger charge is -2.22. The lowest BCUT2D eigenvalue weighted by Crippen LogP contribution is -2.27. The van der Waals surface area contributed by atoms with Crippen molar-refractivity contribution in [2.45, 2.75) is 51.6 Å². The molecule has 0 spiro atoms. The van der Waals surface area contributed by atoms with Crippen LogP contribution in [0.2, 0.25) is 0 Å². The number of ether oxygens (including phenoxy) is 2. The number of alkyl halides is 3. The number of carbonyl (C=O) groups is 1. The van der Waals surface area contributed by atoms with Gasteiger partial charge in [0.25, 0.3) is 5.91 Å². The van der Waals surface area contributed by atoms with E-state index < -0.39 is 24.2 Å². The second-order valence-electron chi connectivity index (χ2n) is 8.09. The highest BCUT2D eigenvalue weighted by Gasteiger charge is 2.29. The van der Waals surface area contributed by atoms with E-state index in [1.807, 2.05) is 27.2 Å². The average Bonchev–Trinajstić information content (AvgIpc) is 3.32. The molecule has 1 saturated heterocycles. The molecule has 2 aromatic rings. The lowest BCUT2D eigenvalue weighted by molar-refractivity contribution is -0.176. The molecule has 0 bridgehead atoms. The smallest absolute Gasteiger partial charge is 0.372 e. The molecule has 1 aliphatic rings. The van der Waals surface area contributed by atoms with E-state index in [2.05, 4.69) is 20.3 Å². The molecule has 30 heavy (non-hydrogen) atoms. The molecule has 3 heterocycles. The Labute approximate surface area is 172 Å². The SMILES string of the molecule is Cn1nc(COCC(F)(F)F)cc1C(=O)Nc1cc([C@H]2C[CH]CO2)nn1C(C)(C)C. The van der Waals surface area contributed by atoms with Crippen LogP contribution in [0.25, 0.3) is 0 Å². The van der Waals surface area contributed by atoms with Crippen molar-refractivity contribution < 1.29 is 27.4 Å². The van der Waals surface area contributed by atoms with E-state index in [4.69, 9.17) is 4.74 Å². The summed E-state index contributed by atoms with van der Waals surface area (Å²) in [6, 6.07) is 3.18. The Hall–Kier alpha value is -2.40. The van der Waals surface area contributed by atoms with Gasteiger partial charge in [-0.15, -0.1) is 0 Å². The van der Waals surface area contributed by atoms with Gasteiger partial charge < -0.3 is 14.8 Å². The van der Waals surface area contributed by atoms with Crippen molar-refractivity contribution in [2.24, 2.45) is 7.05 Å². The molecular formula is C19H25F3N5O3. The summed E-state index contributed by atoms with van der Waals surface area (Å²) in [7, 11) is 1.54. The maximum atomic E-state index is 12.8. The van der Waals surface area contributed by atoms with Crippen molar-refractivity contribution in [3.63, 3.8) is 0 Å². The third-order valence-electron chi connectivity index (χ3n) is 4.41. The highest BCUT2D eigenvalue weighted by atomic mass is 19.4. The Morgan fingerprint density at radius 1 is 1.30 bits per heavy atom. The van der Waals surface area contributed by atoms with Crippen LogP contribution in [0.1, 0.15) is 55.2 Å². The number of aryl methyl sites for hydroxylation is 1. The molecule has 11 heteroatoms. The van der Waals surface area contributed by atoms with Crippen LogP contribution in [0.5, 0.6) is 0 Å². The predicted octanol–water partition coefficient (Wildman–Crippen LogP) is 3.37. The van der Waals surface area contributed by atoms with Crippen molar-refractivity contribution in [2.75, 3.05) is 18.5 Å². The van der Waals surface area contributed by atoms with Gasteiger partial charge in [-0.3, -0.25) is 9.48 Å². The minimum atomic E-state index is -4.42. The van der Waals surface area contributed by atoms with Gasteiger partial charge in [0.15, 0.2) is 0 Å². The number of hydrogen-bond acceptors (Lipinski definition) is 5. The van der Waals surface area contributed by atoms with Crippen LogP contribution in [0, 0.1) is 6.42 Å². The summed E-state index contributed by atoms with van der Waals surface area (Å²) >= 11 is 0. The van der Waals surface area contributed by atoms with Crippen molar-refractivity contribution in [3.8, 4) is 0 Å². The largest absolute Gasteiger partial charge is 0.411 e. The fourth-order valence-electron chi connectivity index (χ4n) is 3.10. The summed E-state index contributed by atoms with van der Waals surface area (Å²) in [6.07, 6.45) is -1.80. The molecule has 0 aromatic carbocycles. The molecule has 1 aliphatic heterocycles. The second kappa shape index (κ2) is 8.38. The summed E-state index contributed by atoms with van der Waals surface area (Å²) in [5.74, 6) is 0.0389. The number of amides is 1. The van der Waals surface area contributed by atoms with Gasteiger partial charge >= 0.3 is 6.18 Å². The van der Waals surface area contributed by atoms with E-state index in [-0.39, 0.29) is 24.1 Å². The number of halogens is 3. The molecule has 165 valence electrons. The number of aromatic nitrogens is 4. The number of anilines is 1. The monoisotopic (exact) mass is 428 g/mol. The van der Waals surface area contributed by atoms with E-state index in [1.54, 1.807) is 10.7 Å². The maximum absolute atomic E-state index is 12.8. The lowest BCUT2D eigenvalue weighted by atomic mass is 10.1. The van der Waals surface area contributed by atoms with Crippen LogP contribution >= 0.6 is 0 Å². The number of nitrogens with one attached hydrogen (secondary N) is 1. The standard InChI is InChI=1S/C19H25F3N5O3/c1-18(2,3)27-16(9-13(25-27)15-6-5-7-30-15)23-17(28)14-8-12(24-26(14)4)10-29-11-19(20,21)22/h5,8-9,15H,6-7,10-11H2,1-4H3,(H,23,28)/t15-/m1/s1. The molecule has 1 atom stereocenters. The first kappa shape index (κ1) is 22.3. The van der Waals surface area contributed by atoms with Crippen LogP contribution in [0.15, 0.2) is 12.1 Å². The van der Waals surface area contributed by atoms with Gasteiger partial charge in [0, 0.05) is 13.1 Å². The number of carbonyl (C=O) groups excluding carboxylic acids is 1. The fraction of sp³-hybridized carbons (Fsp3) is 0.579. The molecule has 1 radical (unpaired) electrons. The molecule has 1 amide bonds. The minimum absolute atomic E-state index is 0.154. The Balaban J connectivity index is 1.75. The average molecular weight is 428 g/mol. The van der Waals surface area contributed by atoms with Crippen LogP contribution in [-0.2, 0) is 28.7 Å². The summed E-state index contributed by atoms with van der Waals surface area (Å²) in [6.45, 7) is 4.71. The molecule has 8 nitrogen and oxygen atoms in total. The van der Waals surface area contributed by atoms with E-state index in [0.29, 0.717) is 12.4 Å². The van der Waals surface area contributed by atoms with Crippen molar-refractivity contribution in [1.82, 2.24) is 19.6 Å². The summed E-state index contributed by atoms with van der Waals surface area (Å²) < 4.78 is 50.0. The molecule has 0 aliphatic carbocycles. The van der Waals surface area contributed by atoms with Crippen LogP contribution < -0.4 is 5.32 Å². The number of nitrogens with zero attached hydrogens (tertiary/aromatic N) is 4. The summed E-state index contributed by atoms with van der Waals surface area (Å²) in [5.41, 5.74) is 0.744. The highest BCUT2D eigenvalue weighted by Crippen LogP contribution is 2.31. The predicted molar refractivity (Wildman–Crippen MR) is 102 cm³/mol. The maximum Gasteiger partial charge on any atom is 0.411 e. The quantitative estimate of drug-likeness (QED) is 0.763. The third-order valence-corrected chi connectivity index (χ3v) is 4.41. The van der Waals surface area contributed by atoms with E-state index >= 15 is 0 Å². The van der Waals surface area contributed by atoms with Gasteiger partial charge in [-0.1, -0.05) is 0 Å². The van der Waals surface area contributed by atoms with Gasteiger partial charge in [0.2, 0.25) is 0 Å². The Morgan fingerprint density at radius 2 is 2.03 bits per heavy atom. The third kappa shape index (κ3) is 5.39. The molecule has 1 N–H and O–H groups in total. The van der Waals surface area contributed by atoms with E-state index in [1.165, 1.54) is 17.8 Å². The normalized spacial score (nSPS) is 17.5. The molecule has 0 saturated carbocycles. The van der Waals surface area contributed by atoms with Crippen molar-refractivity contribution in [1.29, 1.82) is 0 Å². The Bertz CT molecular complexity index is 892. The second-order valence-corrected chi connectivity index (χ2v) is 8.09. The Morgan fingerprint density at radius 3 is 2.63 bits per heavy atom. The summed E-state index contributed by atoms with van der Waals surface area (Å²) in [5, 5.41) is 11.5. The van der Waals surface area contributed by atoms with Gasteiger partial charge in [-0.25, -0.2) is 4.68 Å². The first-order valence-corrected chi connectivity index (χ1v) is 9.46. The molecule has 1 fully saturated rings. The van der Waals surface area contributed by atoms with Crippen molar-refractivity contribution in [3.05, 3.63) is 35.6 Å². The topological polar surface area (TPSA) is 83.2 Å². The zero-order valence-electron chi connectivity index (χ0n) is 17.3. The number of hydrogen-bond donors (Lipinski definition) is 1. The van der Waals surface area contributed by atoms with E-state index in [9.17, 15) is 18.0 Å². The van der Waals surface area contributed by atoms with Gasteiger partial charge in [0.05, 0.1) is 30.1 Å². The fourth-order valence-corrected chi connectivity index (χ4v) is 3.10. The highest BCUT2D eigenvalue weighted by molar-refractivity contribution is 6.02. The van der Waals surface area contributed by atoms with E-state index in [0.717, 1.165) is 12.1 Å². The molecule has 0 unspecified atom stereocenters. The van der Waals surface area contributed by atoms with Gasteiger partial charge in [-0.05, 0) is 39.7 Å². The number of rotatable bonds is 6. The van der Waals surface area contributed by atoms with Gasteiger partial charge in [0.1, 0.15) is 24.2 Å². The first-order chi connectivity index (χ1) is 13.9.